The zero-order valence-electron chi connectivity index (χ0n) is 11.6. The van der Waals surface area contributed by atoms with Crippen LogP contribution in [0.3, 0.4) is 0 Å². The van der Waals surface area contributed by atoms with Gasteiger partial charge in [0.2, 0.25) is 11.8 Å². The summed E-state index contributed by atoms with van der Waals surface area (Å²) in [6.45, 7) is 4.19. The molecule has 7 heteroatoms. The van der Waals surface area contributed by atoms with Gasteiger partial charge in [0.15, 0.2) is 0 Å². The Hall–Kier alpha value is -1.89. The van der Waals surface area contributed by atoms with Crippen molar-refractivity contribution in [3.63, 3.8) is 0 Å². The van der Waals surface area contributed by atoms with Crippen molar-refractivity contribution in [1.29, 1.82) is 0 Å². The predicted molar refractivity (Wildman–Crippen MR) is 77.6 cm³/mol. The first-order chi connectivity index (χ1) is 9.54. The van der Waals surface area contributed by atoms with Crippen LogP contribution in [0.2, 0.25) is 0 Å². The summed E-state index contributed by atoms with van der Waals surface area (Å²) < 4.78 is 0. The van der Waals surface area contributed by atoms with Gasteiger partial charge in [-0.3, -0.25) is 14.4 Å². The Bertz CT molecular complexity index is 459. The van der Waals surface area contributed by atoms with E-state index >= 15 is 0 Å². The summed E-state index contributed by atoms with van der Waals surface area (Å²) in [5, 5.41) is 9.66. The molecule has 0 saturated heterocycles. The molecular weight excluding hydrogens is 278 g/mol. The molecule has 0 bridgehead atoms. The molecule has 110 valence electrons. The molecule has 3 N–H and O–H groups in total. The average molecular weight is 297 g/mol. The Morgan fingerprint density at radius 1 is 1.30 bits per heavy atom. The van der Waals surface area contributed by atoms with Gasteiger partial charge in [-0.1, -0.05) is 6.07 Å². The Balaban J connectivity index is 2.23. The lowest BCUT2D eigenvalue weighted by molar-refractivity contribution is -0.128. The topological polar surface area (TPSA) is 87.3 Å². The monoisotopic (exact) mass is 297 g/mol. The smallest absolute Gasteiger partial charge is 0.261 e. The van der Waals surface area contributed by atoms with Gasteiger partial charge in [-0.15, -0.1) is 11.3 Å². The summed E-state index contributed by atoms with van der Waals surface area (Å²) in [5.41, 5.74) is 0. The SMILES string of the molecule is CCNC(=O)C(C)NC(=O)CCNC(=O)c1cccs1. The molecule has 0 saturated carbocycles. The van der Waals surface area contributed by atoms with Gasteiger partial charge in [-0.25, -0.2) is 0 Å². The minimum absolute atomic E-state index is 0.140. The quantitative estimate of drug-likeness (QED) is 0.685. The minimum atomic E-state index is -0.574. The third-order valence-electron chi connectivity index (χ3n) is 2.50. The highest BCUT2D eigenvalue weighted by molar-refractivity contribution is 7.12. The van der Waals surface area contributed by atoms with Crippen molar-refractivity contribution in [2.24, 2.45) is 0 Å². The fourth-order valence-electron chi connectivity index (χ4n) is 1.49. The Morgan fingerprint density at radius 2 is 2.05 bits per heavy atom. The number of thiophene rings is 1. The van der Waals surface area contributed by atoms with Crippen molar-refractivity contribution in [2.75, 3.05) is 13.1 Å². The molecule has 1 atom stereocenters. The molecule has 20 heavy (non-hydrogen) atoms. The molecule has 1 unspecified atom stereocenters. The number of hydrogen-bond acceptors (Lipinski definition) is 4. The number of carbonyl (C=O) groups excluding carboxylic acids is 3. The normalized spacial score (nSPS) is 11.5. The fraction of sp³-hybridized carbons (Fsp3) is 0.462. The Kier molecular flexibility index (Phi) is 6.72. The third kappa shape index (κ3) is 5.40. The van der Waals surface area contributed by atoms with Crippen molar-refractivity contribution in [1.82, 2.24) is 16.0 Å². The van der Waals surface area contributed by atoms with Crippen LogP contribution in [0.1, 0.15) is 29.9 Å². The van der Waals surface area contributed by atoms with Gasteiger partial charge in [0.1, 0.15) is 6.04 Å². The molecule has 0 spiro atoms. The zero-order chi connectivity index (χ0) is 15.0. The number of carbonyl (C=O) groups is 3. The number of nitrogens with one attached hydrogen (secondary N) is 3. The summed E-state index contributed by atoms with van der Waals surface area (Å²) >= 11 is 1.34. The highest BCUT2D eigenvalue weighted by atomic mass is 32.1. The van der Waals surface area contributed by atoms with E-state index in [2.05, 4.69) is 16.0 Å². The van der Waals surface area contributed by atoms with Gasteiger partial charge in [-0.2, -0.15) is 0 Å². The molecule has 0 aromatic carbocycles. The van der Waals surface area contributed by atoms with Crippen LogP contribution in [-0.4, -0.2) is 36.9 Å². The van der Waals surface area contributed by atoms with Gasteiger partial charge in [0.25, 0.3) is 5.91 Å². The van der Waals surface area contributed by atoms with E-state index in [0.717, 1.165) is 0 Å². The minimum Gasteiger partial charge on any atom is -0.355 e. The van der Waals surface area contributed by atoms with Crippen molar-refractivity contribution < 1.29 is 14.4 Å². The third-order valence-corrected chi connectivity index (χ3v) is 3.37. The molecule has 3 amide bonds. The second kappa shape index (κ2) is 8.31. The van der Waals surface area contributed by atoms with Crippen LogP contribution in [-0.2, 0) is 9.59 Å². The highest BCUT2D eigenvalue weighted by Crippen LogP contribution is 2.07. The summed E-state index contributed by atoms with van der Waals surface area (Å²) in [4.78, 5) is 35.2. The van der Waals surface area contributed by atoms with Crippen LogP contribution in [0, 0.1) is 0 Å². The number of rotatable bonds is 7. The second-order valence-corrected chi connectivity index (χ2v) is 5.11. The molecule has 0 fully saturated rings. The van der Waals surface area contributed by atoms with E-state index in [0.29, 0.717) is 11.4 Å². The molecule has 0 radical (unpaired) electrons. The van der Waals surface area contributed by atoms with Crippen LogP contribution in [0.5, 0.6) is 0 Å². The summed E-state index contributed by atoms with van der Waals surface area (Å²) in [5.74, 6) is -0.678. The van der Waals surface area contributed by atoms with Crippen molar-refractivity contribution >= 4 is 29.1 Å². The standard InChI is InChI=1S/C13H19N3O3S/c1-3-14-12(18)9(2)16-11(17)6-7-15-13(19)10-5-4-8-20-10/h4-5,8-9H,3,6-7H2,1-2H3,(H,14,18)(H,15,19)(H,16,17). The lowest BCUT2D eigenvalue weighted by Gasteiger charge is -2.13. The van der Waals surface area contributed by atoms with Gasteiger partial charge in [0, 0.05) is 19.5 Å². The lowest BCUT2D eigenvalue weighted by atomic mass is 10.3. The largest absolute Gasteiger partial charge is 0.355 e. The van der Waals surface area contributed by atoms with E-state index in [1.165, 1.54) is 11.3 Å². The fourth-order valence-corrected chi connectivity index (χ4v) is 2.13. The molecule has 6 nitrogen and oxygen atoms in total. The summed E-state index contributed by atoms with van der Waals surface area (Å²) in [6, 6.07) is 2.94. The van der Waals surface area contributed by atoms with Crippen LogP contribution in [0.4, 0.5) is 0 Å². The van der Waals surface area contributed by atoms with E-state index in [1.54, 1.807) is 19.1 Å². The molecule has 0 aliphatic rings. The maximum absolute atomic E-state index is 11.6. The van der Waals surface area contributed by atoms with Crippen LogP contribution < -0.4 is 16.0 Å². The van der Waals surface area contributed by atoms with Gasteiger partial charge >= 0.3 is 0 Å². The molecule has 0 aliphatic heterocycles. The molecule has 1 aromatic rings. The molecular formula is C13H19N3O3S. The first kappa shape index (κ1) is 16.2. The average Bonchev–Trinajstić information content (AvgIpc) is 2.92. The van der Waals surface area contributed by atoms with E-state index in [1.807, 2.05) is 12.3 Å². The first-order valence-corrected chi connectivity index (χ1v) is 7.31. The molecule has 1 rings (SSSR count). The number of hydrogen-bond donors (Lipinski definition) is 3. The molecule has 1 aromatic heterocycles. The van der Waals surface area contributed by atoms with Gasteiger partial charge in [-0.05, 0) is 25.3 Å². The van der Waals surface area contributed by atoms with Crippen molar-refractivity contribution in [2.45, 2.75) is 26.3 Å². The van der Waals surface area contributed by atoms with Crippen LogP contribution in [0.15, 0.2) is 17.5 Å². The Labute approximate surface area is 121 Å². The lowest BCUT2D eigenvalue weighted by Crippen LogP contribution is -2.45. The molecule has 0 aliphatic carbocycles. The summed E-state index contributed by atoms with van der Waals surface area (Å²) in [6.07, 6.45) is 0.140. The number of amides is 3. The van der Waals surface area contributed by atoms with Crippen LogP contribution >= 0.6 is 11.3 Å². The maximum atomic E-state index is 11.6. The van der Waals surface area contributed by atoms with Gasteiger partial charge in [0.05, 0.1) is 4.88 Å². The molecule has 1 heterocycles. The zero-order valence-corrected chi connectivity index (χ0v) is 12.4. The summed E-state index contributed by atoms with van der Waals surface area (Å²) in [7, 11) is 0. The van der Waals surface area contributed by atoms with Gasteiger partial charge < -0.3 is 16.0 Å². The predicted octanol–water partition coefficient (Wildman–Crippen LogP) is 0.509. The highest BCUT2D eigenvalue weighted by Gasteiger charge is 2.14. The number of likely N-dealkylation sites (N-methyl/N-ethyl adjacent to an activating group) is 1. The second-order valence-electron chi connectivity index (χ2n) is 4.17. The van der Waals surface area contributed by atoms with Crippen molar-refractivity contribution in [3.05, 3.63) is 22.4 Å². The van der Waals surface area contributed by atoms with E-state index in [-0.39, 0.29) is 30.7 Å². The Morgan fingerprint density at radius 3 is 2.65 bits per heavy atom. The van der Waals surface area contributed by atoms with E-state index in [9.17, 15) is 14.4 Å². The van der Waals surface area contributed by atoms with E-state index in [4.69, 9.17) is 0 Å². The first-order valence-electron chi connectivity index (χ1n) is 6.43. The maximum Gasteiger partial charge on any atom is 0.261 e. The van der Waals surface area contributed by atoms with E-state index < -0.39 is 6.04 Å². The van der Waals surface area contributed by atoms with Crippen LogP contribution in [0.25, 0.3) is 0 Å². The van der Waals surface area contributed by atoms with Crippen molar-refractivity contribution in [3.8, 4) is 0 Å².